The Bertz CT molecular complexity index is 443. The molecule has 0 bridgehead atoms. The molecule has 18 heavy (non-hydrogen) atoms. The maximum Gasteiger partial charge on any atom is 0.0605 e. The minimum absolute atomic E-state index is 0.559. The Balaban J connectivity index is 1.88. The second-order valence-corrected chi connectivity index (χ2v) is 5.85. The van der Waals surface area contributed by atoms with E-state index < -0.39 is 0 Å². The van der Waals surface area contributed by atoms with Crippen molar-refractivity contribution in [2.45, 2.75) is 38.8 Å². The van der Waals surface area contributed by atoms with Crippen molar-refractivity contribution in [3.63, 3.8) is 0 Å². The molecule has 2 aliphatic rings. The van der Waals surface area contributed by atoms with E-state index in [0.717, 1.165) is 18.3 Å². The van der Waals surface area contributed by atoms with E-state index in [2.05, 4.69) is 35.8 Å². The third-order valence-corrected chi connectivity index (χ3v) is 4.43. The molecule has 1 aromatic rings. The topological polar surface area (TPSA) is 32.5 Å². The molecule has 0 saturated carbocycles. The van der Waals surface area contributed by atoms with Crippen LogP contribution in [0.25, 0.3) is 0 Å². The lowest BCUT2D eigenvalue weighted by Gasteiger charge is -2.44. The Labute approximate surface area is 110 Å². The summed E-state index contributed by atoms with van der Waals surface area (Å²) in [5.41, 5.74) is 9.60. The third kappa shape index (κ3) is 1.97. The Morgan fingerprint density at radius 2 is 2.11 bits per heavy atom. The molecule has 0 amide bonds. The number of aryl methyl sites for hydroxylation is 1. The molecular weight excluding hydrogens is 222 g/mol. The van der Waals surface area contributed by atoms with Crippen LogP contribution in [0.1, 0.15) is 25.3 Å². The van der Waals surface area contributed by atoms with Crippen LogP contribution in [0.15, 0.2) is 18.2 Å². The number of nitrogen functional groups attached to an aromatic ring is 1. The largest absolute Gasteiger partial charge is 0.397 e. The van der Waals surface area contributed by atoms with E-state index in [9.17, 15) is 0 Å². The van der Waals surface area contributed by atoms with E-state index in [4.69, 9.17) is 5.73 Å². The van der Waals surface area contributed by atoms with Gasteiger partial charge in [0.25, 0.3) is 0 Å². The smallest absolute Gasteiger partial charge is 0.0605 e. The van der Waals surface area contributed by atoms with Crippen molar-refractivity contribution in [3.05, 3.63) is 23.8 Å². The lowest BCUT2D eigenvalue weighted by molar-refractivity contribution is 0.203. The zero-order valence-electron chi connectivity index (χ0n) is 11.4. The molecule has 98 valence electrons. The lowest BCUT2D eigenvalue weighted by Crippen LogP contribution is -2.55. The summed E-state index contributed by atoms with van der Waals surface area (Å²) >= 11 is 0. The summed E-state index contributed by atoms with van der Waals surface area (Å²) in [5, 5.41) is 0. The lowest BCUT2D eigenvalue weighted by atomic mass is 10.1. The molecule has 2 aliphatic heterocycles. The van der Waals surface area contributed by atoms with E-state index in [-0.39, 0.29) is 0 Å². The molecule has 0 spiro atoms. The summed E-state index contributed by atoms with van der Waals surface area (Å²) in [5.74, 6) is 0. The van der Waals surface area contributed by atoms with Crippen molar-refractivity contribution in [1.82, 2.24) is 4.90 Å². The van der Waals surface area contributed by atoms with Gasteiger partial charge in [-0.2, -0.15) is 0 Å². The van der Waals surface area contributed by atoms with Gasteiger partial charge in [-0.3, -0.25) is 4.90 Å². The summed E-state index contributed by atoms with van der Waals surface area (Å²) in [6.45, 7) is 8.05. The number of hydrogen-bond donors (Lipinski definition) is 1. The van der Waals surface area contributed by atoms with Crippen LogP contribution in [0.3, 0.4) is 0 Å². The highest BCUT2D eigenvalue weighted by molar-refractivity contribution is 5.69. The van der Waals surface area contributed by atoms with E-state index >= 15 is 0 Å². The van der Waals surface area contributed by atoms with Crippen molar-refractivity contribution in [3.8, 4) is 0 Å². The molecule has 3 nitrogen and oxygen atoms in total. The van der Waals surface area contributed by atoms with Crippen LogP contribution in [-0.4, -0.2) is 36.6 Å². The van der Waals surface area contributed by atoms with Crippen LogP contribution in [0.4, 0.5) is 11.4 Å². The first kappa shape index (κ1) is 11.8. The van der Waals surface area contributed by atoms with Crippen LogP contribution in [0.5, 0.6) is 0 Å². The van der Waals surface area contributed by atoms with Gasteiger partial charge in [0.2, 0.25) is 0 Å². The zero-order valence-corrected chi connectivity index (χ0v) is 11.4. The molecule has 3 heteroatoms. The van der Waals surface area contributed by atoms with Crippen molar-refractivity contribution >= 4 is 11.4 Å². The van der Waals surface area contributed by atoms with Gasteiger partial charge in [-0.05, 0) is 50.9 Å². The fourth-order valence-corrected chi connectivity index (χ4v) is 3.43. The molecular formula is C15H23N3. The first-order valence-corrected chi connectivity index (χ1v) is 7.02. The summed E-state index contributed by atoms with van der Waals surface area (Å²) in [4.78, 5) is 5.15. The van der Waals surface area contributed by atoms with Crippen molar-refractivity contribution < 1.29 is 0 Å². The van der Waals surface area contributed by atoms with E-state index in [1.165, 1.54) is 37.2 Å². The van der Waals surface area contributed by atoms with E-state index in [1.807, 2.05) is 6.07 Å². The van der Waals surface area contributed by atoms with Gasteiger partial charge in [-0.15, -0.1) is 0 Å². The first-order valence-electron chi connectivity index (χ1n) is 7.02. The average Bonchev–Trinajstić information content (AvgIpc) is 2.78. The molecule has 2 atom stereocenters. The minimum atomic E-state index is 0.559. The van der Waals surface area contributed by atoms with Crippen LogP contribution in [0, 0.1) is 6.92 Å². The monoisotopic (exact) mass is 245 g/mol. The van der Waals surface area contributed by atoms with Gasteiger partial charge in [0.1, 0.15) is 0 Å². The molecule has 1 aromatic carbocycles. The number of hydrogen-bond acceptors (Lipinski definition) is 3. The number of benzene rings is 1. The number of piperazine rings is 1. The fraction of sp³-hybridized carbons (Fsp3) is 0.600. The number of fused-ring (bicyclic) bond motifs is 1. The predicted molar refractivity (Wildman–Crippen MR) is 77.0 cm³/mol. The molecule has 2 heterocycles. The zero-order chi connectivity index (χ0) is 12.7. The summed E-state index contributed by atoms with van der Waals surface area (Å²) in [6.07, 6.45) is 2.70. The molecule has 2 N–H and O–H groups in total. The normalized spacial score (nSPS) is 28.4. The molecule has 2 unspecified atom stereocenters. The maximum atomic E-state index is 6.16. The van der Waals surface area contributed by atoms with Gasteiger partial charge in [0, 0.05) is 25.2 Å². The van der Waals surface area contributed by atoms with Gasteiger partial charge in [-0.1, -0.05) is 6.07 Å². The van der Waals surface area contributed by atoms with Crippen molar-refractivity contribution in [2.75, 3.05) is 30.3 Å². The van der Waals surface area contributed by atoms with Gasteiger partial charge in [0.05, 0.1) is 11.4 Å². The minimum Gasteiger partial charge on any atom is -0.397 e. The predicted octanol–water partition coefficient (Wildman–Crippen LogP) is 2.25. The summed E-state index contributed by atoms with van der Waals surface area (Å²) in [6, 6.07) is 7.66. The molecule has 2 fully saturated rings. The quantitative estimate of drug-likeness (QED) is 0.770. The first-order chi connectivity index (χ1) is 8.65. The fourth-order valence-electron chi connectivity index (χ4n) is 3.43. The van der Waals surface area contributed by atoms with Gasteiger partial charge in [-0.25, -0.2) is 0 Å². The molecule has 0 aromatic heterocycles. The summed E-state index contributed by atoms with van der Waals surface area (Å²) in [7, 11) is 0. The van der Waals surface area contributed by atoms with Crippen molar-refractivity contribution in [1.29, 1.82) is 0 Å². The standard InChI is InChI=1S/C15H23N3/c1-11-5-6-14(16)15(8-11)18-10-13-4-3-7-17(13)9-12(18)2/h5-6,8,12-13H,3-4,7,9-10,16H2,1-2H3. The van der Waals surface area contributed by atoms with Crippen molar-refractivity contribution in [2.24, 2.45) is 0 Å². The molecule has 3 rings (SSSR count). The number of rotatable bonds is 1. The van der Waals surface area contributed by atoms with Crippen LogP contribution < -0.4 is 10.6 Å². The highest BCUT2D eigenvalue weighted by atomic mass is 15.3. The Morgan fingerprint density at radius 3 is 2.94 bits per heavy atom. The Kier molecular flexibility index (Phi) is 2.94. The number of nitrogens with zero attached hydrogens (tertiary/aromatic N) is 2. The van der Waals surface area contributed by atoms with Crippen LogP contribution in [0.2, 0.25) is 0 Å². The van der Waals surface area contributed by atoms with Crippen LogP contribution >= 0.6 is 0 Å². The second kappa shape index (κ2) is 4.47. The SMILES string of the molecule is Cc1ccc(N)c(N2CC3CCCN3CC2C)c1. The highest BCUT2D eigenvalue weighted by Gasteiger charge is 2.34. The number of nitrogens with two attached hydrogens (primary N) is 1. The molecule has 0 aliphatic carbocycles. The second-order valence-electron chi connectivity index (χ2n) is 5.85. The number of anilines is 2. The van der Waals surface area contributed by atoms with Gasteiger partial charge >= 0.3 is 0 Å². The van der Waals surface area contributed by atoms with Crippen LogP contribution in [-0.2, 0) is 0 Å². The average molecular weight is 245 g/mol. The van der Waals surface area contributed by atoms with Gasteiger partial charge < -0.3 is 10.6 Å². The summed E-state index contributed by atoms with van der Waals surface area (Å²) < 4.78 is 0. The third-order valence-electron chi connectivity index (χ3n) is 4.43. The van der Waals surface area contributed by atoms with E-state index in [1.54, 1.807) is 0 Å². The van der Waals surface area contributed by atoms with Gasteiger partial charge in [0.15, 0.2) is 0 Å². The van der Waals surface area contributed by atoms with E-state index in [0.29, 0.717) is 6.04 Å². The Hall–Kier alpha value is -1.22. The maximum absolute atomic E-state index is 6.16. The molecule has 0 radical (unpaired) electrons. The highest BCUT2D eigenvalue weighted by Crippen LogP contribution is 2.32. The Morgan fingerprint density at radius 1 is 1.28 bits per heavy atom. The molecule has 2 saturated heterocycles.